The van der Waals surface area contributed by atoms with E-state index in [0.29, 0.717) is 16.1 Å². The van der Waals surface area contributed by atoms with Gasteiger partial charge in [0.25, 0.3) is 6.72 Å². The summed E-state index contributed by atoms with van der Waals surface area (Å²) in [4.78, 5) is 0.557. The number of nitrogens with one attached hydrogen (secondary N) is 1. The first kappa shape index (κ1) is 8.11. The Kier molecular flexibility index (Phi) is 2.18. The summed E-state index contributed by atoms with van der Waals surface area (Å²) in [6, 6.07) is 0. The predicted octanol–water partition coefficient (Wildman–Crippen LogP) is 0.0947. The maximum atomic E-state index is 7.45. The minimum absolute atomic E-state index is 0.225. The monoisotopic (exact) mass is 161 g/mol. The number of hydrogen-bond donors (Lipinski definition) is 2. The summed E-state index contributed by atoms with van der Waals surface area (Å²) in [7, 11) is 5.51. The van der Waals surface area contributed by atoms with Crippen molar-refractivity contribution >= 4 is 38.6 Å². The van der Waals surface area contributed by atoms with Crippen LogP contribution in [0.3, 0.4) is 0 Å². The van der Waals surface area contributed by atoms with Gasteiger partial charge in [0.05, 0.1) is 0 Å². The molecule has 0 atom stereocenters. The van der Waals surface area contributed by atoms with Crippen LogP contribution in [0, 0.1) is 5.41 Å². The van der Waals surface area contributed by atoms with E-state index in [9.17, 15) is 0 Å². The van der Waals surface area contributed by atoms with E-state index in [4.69, 9.17) is 13.3 Å². The molecule has 4 heteroatoms. The van der Waals surface area contributed by atoms with Crippen molar-refractivity contribution in [3.05, 3.63) is 22.5 Å². The summed E-state index contributed by atoms with van der Waals surface area (Å²) in [5.41, 5.74) is 1.09. The highest BCUT2D eigenvalue weighted by Gasteiger charge is 2.22. The molecule has 0 aliphatic heterocycles. The third-order valence-electron chi connectivity index (χ3n) is 1.35. The van der Waals surface area contributed by atoms with E-state index in [1.54, 1.807) is 12.2 Å². The van der Waals surface area contributed by atoms with Crippen LogP contribution >= 0.6 is 12.6 Å². The zero-order chi connectivity index (χ0) is 8.43. The first-order chi connectivity index (χ1) is 5.16. The minimum atomic E-state index is 0.225. The van der Waals surface area contributed by atoms with Crippen molar-refractivity contribution in [2.75, 3.05) is 0 Å². The van der Waals surface area contributed by atoms with Crippen LogP contribution in [0.5, 0.6) is 0 Å². The van der Waals surface area contributed by atoms with Crippen LogP contribution in [0.25, 0.3) is 0 Å². The first-order valence-corrected chi connectivity index (χ1v) is 3.41. The van der Waals surface area contributed by atoms with Gasteiger partial charge >= 0.3 is 5.71 Å². The Morgan fingerprint density at radius 2 is 2.18 bits per heavy atom. The van der Waals surface area contributed by atoms with E-state index in [1.165, 1.54) is 0 Å². The normalized spacial score (nSPS) is 17.2. The van der Waals surface area contributed by atoms with Gasteiger partial charge in [-0.05, 0) is 11.5 Å². The van der Waals surface area contributed by atoms with Crippen molar-refractivity contribution in [2.24, 2.45) is 0 Å². The lowest BCUT2D eigenvalue weighted by atomic mass is 9.85. The summed E-state index contributed by atoms with van der Waals surface area (Å²) in [6.07, 6.45) is 3.32. The molecule has 0 spiro atoms. The Balaban J connectivity index is 3.24. The van der Waals surface area contributed by atoms with Crippen LogP contribution in [0.15, 0.2) is 22.5 Å². The molecule has 1 N–H and O–H groups in total. The predicted molar refractivity (Wildman–Crippen MR) is 52.9 cm³/mol. The van der Waals surface area contributed by atoms with E-state index >= 15 is 0 Å². The number of allylic oxidation sites excluding steroid dienone is 4. The number of nitrogens with zero attached hydrogens (tertiary/aromatic N) is 1. The molecule has 1 rings (SSSR count). The molecule has 0 saturated heterocycles. The van der Waals surface area contributed by atoms with Crippen LogP contribution in [0.4, 0.5) is 0 Å². The van der Waals surface area contributed by atoms with E-state index in [-0.39, 0.29) is 5.71 Å². The lowest BCUT2D eigenvalue weighted by Gasteiger charge is -2.02. The largest absolute Gasteiger partial charge is 0.345 e. The molecular weight excluding hydrogens is 155 g/mol. The molecule has 1 aliphatic carbocycles. The van der Waals surface area contributed by atoms with Crippen LogP contribution < -0.4 is 4.67 Å². The van der Waals surface area contributed by atoms with Crippen molar-refractivity contribution in [1.29, 1.82) is 5.41 Å². The molecule has 0 unspecified atom stereocenters. The Hall–Kier alpha value is -0.985. The van der Waals surface area contributed by atoms with Crippen molar-refractivity contribution < 1.29 is 0 Å². The third kappa shape index (κ3) is 1.37. The van der Waals surface area contributed by atoms with Gasteiger partial charge in [-0.2, -0.15) is 0 Å². The summed E-state index contributed by atoms with van der Waals surface area (Å²) in [5.74, 6) is 0. The summed E-state index contributed by atoms with van der Waals surface area (Å²) in [6.45, 7) is 3.31. The Bertz CT molecular complexity index is 317. The van der Waals surface area contributed by atoms with Crippen molar-refractivity contribution in [1.82, 2.24) is 4.67 Å². The van der Waals surface area contributed by atoms with Gasteiger partial charge in [-0.3, -0.25) is 5.41 Å². The Morgan fingerprint density at radius 1 is 1.55 bits per heavy atom. The van der Waals surface area contributed by atoms with Gasteiger partial charge in [-0.25, -0.2) is 0 Å². The van der Waals surface area contributed by atoms with Gasteiger partial charge in [-0.1, -0.05) is 10.7 Å². The molecule has 0 saturated carbocycles. The second-order valence-electron chi connectivity index (χ2n) is 2.06. The molecule has 0 aromatic heterocycles. The summed E-state index contributed by atoms with van der Waals surface area (Å²) in [5, 5.41) is 7.45. The summed E-state index contributed by atoms with van der Waals surface area (Å²) < 4.78 is 3.62. The van der Waals surface area contributed by atoms with Crippen LogP contribution in [-0.2, 0) is 0 Å². The SMILES string of the molecule is [B]C1=CC=C(S)C(=N)C1=[N+]=C. The second-order valence-corrected chi connectivity index (χ2v) is 2.54. The van der Waals surface area contributed by atoms with Crippen LogP contribution in [0.1, 0.15) is 0 Å². The average molecular weight is 161 g/mol. The molecule has 0 fully saturated rings. The van der Waals surface area contributed by atoms with Crippen LogP contribution in [-0.4, -0.2) is 26.0 Å². The Morgan fingerprint density at radius 3 is 2.64 bits per heavy atom. The van der Waals surface area contributed by atoms with Gasteiger partial charge in [-0.15, -0.1) is 12.6 Å². The lowest BCUT2D eigenvalue weighted by Crippen LogP contribution is -2.21. The van der Waals surface area contributed by atoms with Gasteiger partial charge in [0.15, 0.2) is 5.71 Å². The maximum absolute atomic E-state index is 7.45. The van der Waals surface area contributed by atoms with Gasteiger partial charge in [0, 0.05) is 4.91 Å². The quantitative estimate of drug-likeness (QED) is 0.166. The fourth-order valence-electron chi connectivity index (χ4n) is 0.767. The topological polar surface area (TPSA) is 38.0 Å². The van der Waals surface area contributed by atoms with Gasteiger partial charge in [0.1, 0.15) is 7.85 Å². The molecule has 0 aromatic carbocycles. The highest BCUT2D eigenvalue weighted by atomic mass is 32.1. The molecular formula is C7H6BN2S+. The lowest BCUT2D eigenvalue weighted by molar-refractivity contribution is 1.52. The first-order valence-electron chi connectivity index (χ1n) is 2.96. The minimum Gasteiger partial charge on any atom is -0.293 e. The van der Waals surface area contributed by atoms with Gasteiger partial charge < -0.3 is 0 Å². The number of hydrogen-bond acceptors (Lipinski definition) is 2. The number of thiol groups is 1. The van der Waals surface area contributed by atoms with E-state index in [1.807, 2.05) is 0 Å². The van der Waals surface area contributed by atoms with Crippen LogP contribution in [0.2, 0.25) is 0 Å². The third-order valence-corrected chi connectivity index (χ3v) is 1.72. The molecule has 0 bridgehead atoms. The van der Waals surface area contributed by atoms with Crippen molar-refractivity contribution in [3.63, 3.8) is 0 Å². The molecule has 2 nitrogen and oxygen atoms in total. The standard InChI is InChI=1S/C7H5BN2S/c1-10-7-4(8)2-3-5(11)6(7)9/h2-3,9H,1H2/p+1. The average Bonchev–Trinajstić information content (AvgIpc) is 1.99. The summed E-state index contributed by atoms with van der Waals surface area (Å²) >= 11 is 4.04. The maximum Gasteiger partial charge on any atom is 0.345 e. The molecule has 0 aromatic rings. The second kappa shape index (κ2) is 2.95. The highest BCUT2D eigenvalue weighted by Crippen LogP contribution is 2.11. The Labute approximate surface area is 71.8 Å². The molecule has 52 valence electrons. The molecule has 2 radical (unpaired) electrons. The highest BCUT2D eigenvalue weighted by molar-refractivity contribution is 7.86. The van der Waals surface area contributed by atoms with E-state index in [2.05, 4.69) is 24.0 Å². The number of rotatable bonds is 0. The fraction of sp³-hybridized carbons (Fsp3) is 0. The molecule has 0 amide bonds. The van der Waals surface area contributed by atoms with Crippen molar-refractivity contribution in [3.8, 4) is 0 Å². The zero-order valence-corrected chi connectivity index (χ0v) is 6.73. The van der Waals surface area contributed by atoms with Gasteiger partial charge in [0.2, 0.25) is 0 Å². The molecule has 11 heavy (non-hydrogen) atoms. The fourth-order valence-corrected chi connectivity index (χ4v) is 0.947. The zero-order valence-electron chi connectivity index (χ0n) is 5.83. The van der Waals surface area contributed by atoms with Crippen molar-refractivity contribution in [2.45, 2.75) is 0 Å². The molecule has 1 aliphatic rings. The molecule has 0 heterocycles. The van der Waals surface area contributed by atoms with E-state index < -0.39 is 0 Å². The van der Waals surface area contributed by atoms with E-state index in [0.717, 1.165) is 0 Å². The smallest absolute Gasteiger partial charge is 0.293 e.